The van der Waals surface area contributed by atoms with Crippen molar-refractivity contribution in [1.82, 2.24) is 4.98 Å². The number of hydrogen-bond acceptors (Lipinski definition) is 7. The molecule has 2 aromatic heterocycles. The summed E-state index contributed by atoms with van der Waals surface area (Å²) in [5.74, 6) is -1.25. The zero-order valence-corrected chi connectivity index (χ0v) is 17.7. The topological polar surface area (TPSA) is 111 Å². The number of carbonyl (C=O) groups is 2. The van der Waals surface area contributed by atoms with Crippen LogP contribution in [0.3, 0.4) is 0 Å². The number of nitrogens with zero attached hydrogens (tertiary/aromatic N) is 2. The average Bonchev–Trinajstić information content (AvgIpc) is 3.23. The molecule has 2 heterocycles. The molecule has 4 aromatic rings. The predicted octanol–water partition coefficient (Wildman–Crippen LogP) is 5.30. The van der Waals surface area contributed by atoms with Crippen LogP contribution in [0.4, 0.5) is 10.0 Å². The number of anilines is 1. The van der Waals surface area contributed by atoms with E-state index >= 15 is 0 Å². The molecule has 0 bridgehead atoms. The lowest BCUT2D eigenvalue weighted by Gasteiger charge is -2.11. The number of nitrogens with one attached hydrogen (secondary N) is 1. The summed E-state index contributed by atoms with van der Waals surface area (Å²) in [4.78, 5) is 40.8. The van der Waals surface area contributed by atoms with Gasteiger partial charge in [0.15, 0.2) is 0 Å². The fraction of sp³-hybridized carbons (Fsp3) is 0.0870. The van der Waals surface area contributed by atoms with Gasteiger partial charge in [-0.05, 0) is 30.4 Å². The van der Waals surface area contributed by atoms with Crippen LogP contribution >= 0.6 is 11.3 Å². The summed E-state index contributed by atoms with van der Waals surface area (Å²) >= 11 is 0.703. The molecular formula is C23H17N3O5S. The second-order valence-corrected chi connectivity index (χ2v) is 7.73. The Kier molecular flexibility index (Phi) is 5.91. The van der Waals surface area contributed by atoms with Crippen LogP contribution in [0.1, 0.15) is 27.6 Å². The second-order valence-electron chi connectivity index (χ2n) is 6.70. The lowest BCUT2D eigenvalue weighted by molar-refractivity contribution is -0.380. The van der Waals surface area contributed by atoms with Gasteiger partial charge in [0.1, 0.15) is 10.6 Å². The molecule has 0 aliphatic rings. The number of para-hydroxylation sites is 1. The van der Waals surface area contributed by atoms with E-state index < -0.39 is 16.8 Å². The average molecular weight is 447 g/mol. The maximum Gasteiger partial charge on any atom is 0.341 e. The number of rotatable bonds is 6. The van der Waals surface area contributed by atoms with Gasteiger partial charge in [-0.15, -0.1) is 0 Å². The zero-order chi connectivity index (χ0) is 22.7. The van der Waals surface area contributed by atoms with Gasteiger partial charge >= 0.3 is 11.0 Å². The van der Waals surface area contributed by atoms with Crippen molar-refractivity contribution >= 4 is 44.1 Å². The van der Waals surface area contributed by atoms with Crippen LogP contribution in [0, 0.1) is 10.1 Å². The van der Waals surface area contributed by atoms with E-state index in [2.05, 4.69) is 10.3 Å². The van der Waals surface area contributed by atoms with E-state index in [1.54, 1.807) is 31.2 Å². The maximum atomic E-state index is 13.3. The van der Waals surface area contributed by atoms with Gasteiger partial charge in [0, 0.05) is 17.0 Å². The van der Waals surface area contributed by atoms with E-state index in [1.165, 1.54) is 0 Å². The van der Waals surface area contributed by atoms with Crippen molar-refractivity contribution in [3.8, 4) is 11.3 Å². The monoisotopic (exact) mass is 447 g/mol. The van der Waals surface area contributed by atoms with Crippen LogP contribution in [0.15, 0.2) is 66.7 Å². The van der Waals surface area contributed by atoms with Crippen LogP contribution in [-0.4, -0.2) is 28.4 Å². The van der Waals surface area contributed by atoms with Gasteiger partial charge in [-0.2, -0.15) is 0 Å². The van der Waals surface area contributed by atoms with Crippen LogP contribution in [0.2, 0.25) is 0 Å². The Labute approximate surface area is 186 Å². The fourth-order valence-corrected chi connectivity index (χ4v) is 4.07. The van der Waals surface area contributed by atoms with Crippen molar-refractivity contribution in [3.05, 3.63) is 88.0 Å². The van der Waals surface area contributed by atoms with Crippen molar-refractivity contribution in [2.75, 3.05) is 11.9 Å². The third kappa shape index (κ3) is 4.19. The van der Waals surface area contributed by atoms with Crippen molar-refractivity contribution in [2.24, 2.45) is 0 Å². The first-order valence-electron chi connectivity index (χ1n) is 9.70. The van der Waals surface area contributed by atoms with E-state index in [9.17, 15) is 19.7 Å². The molecule has 0 aliphatic carbocycles. The van der Waals surface area contributed by atoms with E-state index in [1.807, 2.05) is 36.4 Å². The quantitative estimate of drug-likeness (QED) is 0.244. The molecule has 0 unspecified atom stereocenters. The molecule has 0 fully saturated rings. The van der Waals surface area contributed by atoms with Gasteiger partial charge in [-0.3, -0.25) is 14.9 Å². The summed E-state index contributed by atoms with van der Waals surface area (Å²) in [7, 11) is 0. The molecule has 0 saturated carbocycles. The number of fused-ring (bicyclic) bond motifs is 1. The Morgan fingerprint density at radius 1 is 1.06 bits per heavy atom. The van der Waals surface area contributed by atoms with Crippen molar-refractivity contribution in [2.45, 2.75) is 6.92 Å². The number of pyridine rings is 1. The number of amides is 1. The van der Waals surface area contributed by atoms with Gasteiger partial charge in [0.2, 0.25) is 0 Å². The van der Waals surface area contributed by atoms with Crippen LogP contribution in [0.25, 0.3) is 22.2 Å². The molecule has 0 spiro atoms. The molecule has 9 heteroatoms. The van der Waals surface area contributed by atoms with E-state index in [0.29, 0.717) is 33.5 Å². The van der Waals surface area contributed by atoms with Gasteiger partial charge < -0.3 is 10.1 Å². The number of aromatic nitrogens is 1. The number of esters is 1. The third-order valence-corrected chi connectivity index (χ3v) is 5.65. The fourth-order valence-electron chi connectivity index (χ4n) is 3.21. The zero-order valence-electron chi connectivity index (χ0n) is 16.9. The van der Waals surface area contributed by atoms with Gasteiger partial charge in [-0.1, -0.05) is 48.5 Å². The predicted molar refractivity (Wildman–Crippen MR) is 122 cm³/mol. The van der Waals surface area contributed by atoms with Crippen molar-refractivity contribution in [1.29, 1.82) is 0 Å². The summed E-state index contributed by atoms with van der Waals surface area (Å²) in [6.07, 6.45) is 0. The normalized spacial score (nSPS) is 10.7. The summed E-state index contributed by atoms with van der Waals surface area (Å²) < 4.78 is 4.98. The Morgan fingerprint density at radius 3 is 2.50 bits per heavy atom. The molecule has 0 aliphatic heterocycles. The molecule has 4 rings (SSSR count). The molecule has 160 valence electrons. The maximum absolute atomic E-state index is 13.3. The van der Waals surface area contributed by atoms with Crippen LogP contribution < -0.4 is 5.32 Å². The van der Waals surface area contributed by atoms with Crippen LogP contribution in [-0.2, 0) is 4.74 Å². The highest BCUT2D eigenvalue weighted by Crippen LogP contribution is 2.35. The minimum absolute atomic E-state index is 0.0569. The summed E-state index contributed by atoms with van der Waals surface area (Å²) in [6, 6.07) is 19.4. The number of thiophene rings is 1. The van der Waals surface area contributed by atoms with Gasteiger partial charge in [0.05, 0.1) is 28.3 Å². The Hall–Kier alpha value is -4.11. The highest BCUT2D eigenvalue weighted by Gasteiger charge is 2.25. The van der Waals surface area contributed by atoms with E-state index in [4.69, 9.17) is 4.74 Å². The molecule has 8 nitrogen and oxygen atoms in total. The molecule has 1 amide bonds. The largest absolute Gasteiger partial charge is 0.462 e. The lowest BCUT2D eigenvalue weighted by atomic mass is 10.0. The highest BCUT2D eigenvalue weighted by molar-refractivity contribution is 7.19. The molecule has 32 heavy (non-hydrogen) atoms. The summed E-state index contributed by atoms with van der Waals surface area (Å²) in [6.45, 7) is 1.73. The van der Waals surface area contributed by atoms with Gasteiger partial charge in [0.25, 0.3) is 5.91 Å². The second kappa shape index (κ2) is 8.94. The first kappa shape index (κ1) is 21.1. The third-order valence-electron chi connectivity index (χ3n) is 4.65. The number of nitro groups is 1. The molecule has 2 aromatic carbocycles. The molecule has 1 N–H and O–H groups in total. The van der Waals surface area contributed by atoms with Crippen molar-refractivity contribution < 1.29 is 19.2 Å². The number of carbonyl (C=O) groups excluding carboxylic acids is 2. The van der Waals surface area contributed by atoms with Crippen LogP contribution in [0.5, 0.6) is 0 Å². The summed E-state index contributed by atoms with van der Waals surface area (Å²) in [5.41, 5.74) is 2.35. The van der Waals surface area contributed by atoms with E-state index in [0.717, 1.165) is 11.6 Å². The number of hydrogen-bond donors (Lipinski definition) is 1. The van der Waals surface area contributed by atoms with Gasteiger partial charge in [-0.25, -0.2) is 9.78 Å². The minimum Gasteiger partial charge on any atom is -0.462 e. The lowest BCUT2D eigenvalue weighted by Crippen LogP contribution is -2.15. The highest BCUT2D eigenvalue weighted by atomic mass is 32.1. The Bertz CT molecular complexity index is 1330. The summed E-state index contributed by atoms with van der Waals surface area (Å²) in [5, 5.41) is 14.3. The minimum atomic E-state index is -0.739. The van der Waals surface area contributed by atoms with E-state index in [-0.39, 0.29) is 22.2 Å². The first-order chi connectivity index (χ1) is 15.5. The first-order valence-corrected chi connectivity index (χ1v) is 10.5. The molecule has 0 radical (unpaired) electrons. The van der Waals surface area contributed by atoms with Crippen molar-refractivity contribution in [3.63, 3.8) is 0 Å². The Balaban J connectivity index is 1.78. The number of ether oxygens (including phenoxy) is 1. The molecular weight excluding hydrogens is 430 g/mol. The standard InChI is InChI=1S/C23H17N3O5S/c1-2-31-23(28)17-13-20(26(29)30)32-22(17)25-21(27)16-12-19(14-8-4-3-5-9-14)24-18-11-7-6-10-15(16)18/h3-13H,2H2,1H3,(H,25,27). The number of benzene rings is 2. The Morgan fingerprint density at radius 2 is 1.78 bits per heavy atom. The smallest absolute Gasteiger partial charge is 0.341 e. The molecule has 0 saturated heterocycles. The molecule has 0 atom stereocenters. The SMILES string of the molecule is CCOC(=O)c1cc([N+](=O)[O-])sc1NC(=O)c1cc(-c2ccccc2)nc2ccccc12.